The van der Waals surface area contributed by atoms with Crippen molar-refractivity contribution in [2.75, 3.05) is 32.7 Å². The minimum atomic E-state index is -3.47. The maximum atomic E-state index is 13.3. The molecule has 0 bridgehead atoms. The molecule has 1 fully saturated rings. The summed E-state index contributed by atoms with van der Waals surface area (Å²) in [6.45, 7) is 9.97. The van der Waals surface area contributed by atoms with Crippen LogP contribution < -0.4 is 0 Å². The Labute approximate surface area is 185 Å². The van der Waals surface area contributed by atoms with Gasteiger partial charge in [-0.05, 0) is 31.9 Å². The van der Waals surface area contributed by atoms with Crippen molar-refractivity contribution >= 4 is 10.0 Å². The Morgan fingerprint density at radius 1 is 0.903 bits per heavy atom. The van der Waals surface area contributed by atoms with Crippen LogP contribution in [0.15, 0.2) is 59.8 Å². The van der Waals surface area contributed by atoms with Crippen LogP contribution in [0.5, 0.6) is 0 Å². The van der Waals surface area contributed by atoms with Crippen LogP contribution in [0.4, 0.5) is 0 Å². The molecule has 1 aromatic heterocycles. The standard InChI is InChI=1S/C24H30N4O2S/c1-19-17-20(2)23(21(3)18-19)31(29,30)28-15-12-26(13-16-28)11-14-27-10-9-25-24(27)22-7-5-4-6-8-22/h4-10,17-18H,11-16H2,1-3H3. The Morgan fingerprint density at radius 2 is 1.55 bits per heavy atom. The molecule has 1 aliphatic heterocycles. The van der Waals surface area contributed by atoms with E-state index < -0.39 is 10.0 Å². The molecule has 164 valence electrons. The lowest BCUT2D eigenvalue weighted by Crippen LogP contribution is -2.49. The van der Waals surface area contributed by atoms with E-state index in [1.165, 1.54) is 0 Å². The number of rotatable bonds is 6. The van der Waals surface area contributed by atoms with E-state index >= 15 is 0 Å². The van der Waals surface area contributed by atoms with Gasteiger partial charge in [-0.2, -0.15) is 4.31 Å². The summed E-state index contributed by atoms with van der Waals surface area (Å²) in [7, 11) is -3.47. The number of benzene rings is 2. The predicted molar refractivity (Wildman–Crippen MR) is 124 cm³/mol. The van der Waals surface area contributed by atoms with Crippen molar-refractivity contribution in [3.63, 3.8) is 0 Å². The zero-order valence-electron chi connectivity index (χ0n) is 18.5. The monoisotopic (exact) mass is 438 g/mol. The predicted octanol–water partition coefficient (Wildman–Crippen LogP) is 3.48. The summed E-state index contributed by atoms with van der Waals surface area (Å²) in [4.78, 5) is 7.31. The minimum Gasteiger partial charge on any atom is -0.330 e. The highest BCUT2D eigenvalue weighted by Crippen LogP contribution is 2.26. The fourth-order valence-electron chi connectivity index (χ4n) is 4.48. The second kappa shape index (κ2) is 8.94. The van der Waals surface area contributed by atoms with Gasteiger partial charge in [-0.15, -0.1) is 0 Å². The first kappa shape index (κ1) is 21.7. The largest absolute Gasteiger partial charge is 0.330 e. The van der Waals surface area contributed by atoms with E-state index in [2.05, 4.69) is 26.6 Å². The lowest BCUT2D eigenvalue weighted by Gasteiger charge is -2.34. The number of aromatic nitrogens is 2. The molecule has 0 radical (unpaired) electrons. The van der Waals surface area contributed by atoms with Gasteiger partial charge in [0.05, 0.1) is 4.90 Å². The molecule has 0 amide bonds. The topological polar surface area (TPSA) is 58.4 Å². The Morgan fingerprint density at radius 3 is 2.19 bits per heavy atom. The number of hydrogen-bond acceptors (Lipinski definition) is 4. The number of piperazine rings is 1. The van der Waals surface area contributed by atoms with Crippen molar-refractivity contribution in [1.82, 2.24) is 18.8 Å². The molecule has 0 saturated carbocycles. The van der Waals surface area contributed by atoms with Gasteiger partial charge in [0, 0.05) is 57.2 Å². The SMILES string of the molecule is Cc1cc(C)c(S(=O)(=O)N2CCN(CCn3ccnc3-c3ccccc3)CC2)c(C)c1. The van der Waals surface area contributed by atoms with Gasteiger partial charge in [0.1, 0.15) is 5.82 Å². The average molecular weight is 439 g/mol. The van der Waals surface area contributed by atoms with E-state index in [1.807, 2.05) is 63.5 Å². The molecule has 0 aliphatic carbocycles. The second-order valence-corrected chi connectivity index (χ2v) is 10.2. The first-order valence-corrected chi connectivity index (χ1v) is 12.2. The summed E-state index contributed by atoms with van der Waals surface area (Å²) in [5.74, 6) is 0.965. The summed E-state index contributed by atoms with van der Waals surface area (Å²) >= 11 is 0. The summed E-state index contributed by atoms with van der Waals surface area (Å²) in [5, 5.41) is 0. The lowest BCUT2D eigenvalue weighted by molar-refractivity contribution is 0.183. The van der Waals surface area contributed by atoms with Crippen molar-refractivity contribution in [3.8, 4) is 11.4 Å². The minimum absolute atomic E-state index is 0.470. The van der Waals surface area contributed by atoms with Crippen LogP contribution in [-0.2, 0) is 16.6 Å². The van der Waals surface area contributed by atoms with E-state index in [0.717, 1.165) is 54.3 Å². The number of sulfonamides is 1. The fourth-order valence-corrected chi connectivity index (χ4v) is 6.32. The van der Waals surface area contributed by atoms with Gasteiger partial charge in [-0.25, -0.2) is 13.4 Å². The number of nitrogens with zero attached hydrogens (tertiary/aromatic N) is 4. The third kappa shape index (κ3) is 4.59. The zero-order chi connectivity index (χ0) is 22.0. The molecule has 3 aromatic rings. The molecule has 2 heterocycles. The van der Waals surface area contributed by atoms with Gasteiger partial charge in [-0.1, -0.05) is 48.0 Å². The Balaban J connectivity index is 1.39. The summed E-state index contributed by atoms with van der Waals surface area (Å²) < 4.78 is 30.4. The van der Waals surface area contributed by atoms with Crippen molar-refractivity contribution in [2.45, 2.75) is 32.2 Å². The third-order valence-corrected chi connectivity index (χ3v) is 8.14. The Hall–Kier alpha value is -2.48. The maximum Gasteiger partial charge on any atom is 0.243 e. The molecule has 6 nitrogen and oxygen atoms in total. The zero-order valence-corrected chi connectivity index (χ0v) is 19.3. The van der Waals surface area contributed by atoms with Crippen molar-refractivity contribution in [3.05, 3.63) is 71.5 Å². The summed E-state index contributed by atoms with van der Waals surface area (Å²) in [6.07, 6.45) is 3.84. The molecule has 0 unspecified atom stereocenters. The average Bonchev–Trinajstić information content (AvgIpc) is 3.21. The van der Waals surface area contributed by atoms with E-state index in [-0.39, 0.29) is 0 Å². The van der Waals surface area contributed by atoms with Crippen LogP contribution in [-0.4, -0.2) is 59.9 Å². The second-order valence-electron chi connectivity index (χ2n) is 8.28. The number of aryl methyl sites for hydroxylation is 3. The third-order valence-electron chi connectivity index (χ3n) is 5.94. The van der Waals surface area contributed by atoms with Crippen molar-refractivity contribution in [2.24, 2.45) is 0 Å². The molecule has 31 heavy (non-hydrogen) atoms. The van der Waals surface area contributed by atoms with Gasteiger partial charge >= 0.3 is 0 Å². The fraction of sp³-hybridized carbons (Fsp3) is 0.375. The molecule has 2 aromatic carbocycles. The molecule has 4 rings (SSSR count). The van der Waals surface area contributed by atoms with E-state index in [4.69, 9.17) is 0 Å². The molecule has 7 heteroatoms. The molecule has 1 saturated heterocycles. The smallest absolute Gasteiger partial charge is 0.243 e. The Kier molecular flexibility index (Phi) is 6.27. The van der Waals surface area contributed by atoms with Gasteiger partial charge in [0.25, 0.3) is 0 Å². The first-order chi connectivity index (χ1) is 14.9. The molecule has 1 aliphatic rings. The molecular weight excluding hydrogens is 408 g/mol. The maximum absolute atomic E-state index is 13.3. The van der Waals surface area contributed by atoms with Crippen molar-refractivity contribution < 1.29 is 8.42 Å². The van der Waals surface area contributed by atoms with Crippen LogP contribution in [0.25, 0.3) is 11.4 Å². The summed E-state index contributed by atoms with van der Waals surface area (Å²) in [6, 6.07) is 14.1. The van der Waals surface area contributed by atoms with Crippen LogP contribution in [0.2, 0.25) is 0 Å². The summed E-state index contributed by atoms with van der Waals surface area (Å²) in [5.41, 5.74) is 3.85. The molecule has 0 spiro atoms. The lowest BCUT2D eigenvalue weighted by atomic mass is 10.1. The van der Waals surface area contributed by atoms with E-state index in [1.54, 1.807) is 4.31 Å². The molecular formula is C24H30N4O2S. The van der Waals surface area contributed by atoms with Gasteiger partial charge in [-0.3, -0.25) is 4.90 Å². The van der Waals surface area contributed by atoms with Crippen LogP contribution in [0.1, 0.15) is 16.7 Å². The first-order valence-electron chi connectivity index (χ1n) is 10.7. The van der Waals surface area contributed by atoms with Crippen LogP contribution in [0.3, 0.4) is 0 Å². The number of imidazole rings is 1. The highest BCUT2D eigenvalue weighted by Gasteiger charge is 2.30. The Bertz CT molecular complexity index is 1120. The van der Waals surface area contributed by atoms with E-state index in [0.29, 0.717) is 18.0 Å². The van der Waals surface area contributed by atoms with Gasteiger partial charge < -0.3 is 4.57 Å². The number of hydrogen-bond donors (Lipinski definition) is 0. The van der Waals surface area contributed by atoms with Crippen LogP contribution in [0, 0.1) is 20.8 Å². The quantitative estimate of drug-likeness (QED) is 0.591. The molecule has 0 N–H and O–H groups in total. The highest BCUT2D eigenvalue weighted by molar-refractivity contribution is 7.89. The highest BCUT2D eigenvalue weighted by atomic mass is 32.2. The van der Waals surface area contributed by atoms with Gasteiger partial charge in [0.2, 0.25) is 10.0 Å². The van der Waals surface area contributed by atoms with Crippen molar-refractivity contribution in [1.29, 1.82) is 0 Å². The van der Waals surface area contributed by atoms with E-state index in [9.17, 15) is 8.42 Å². The van der Waals surface area contributed by atoms with Gasteiger partial charge in [0.15, 0.2) is 0 Å². The van der Waals surface area contributed by atoms with Crippen LogP contribution >= 0.6 is 0 Å². The normalized spacial score (nSPS) is 16.0. The molecule has 0 atom stereocenters.